The van der Waals surface area contributed by atoms with E-state index in [1.807, 2.05) is 0 Å². The standard InChI is InChI=1S/C22H13Cl3N4O4/c23-13-3-1-12(2-4-13)19-11-20(28-27-19)22(30)26-15-8-16(29(31)32)10-17(9-15)33-21-6-5-14(24)7-18(21)25/h1-11H,(H,26,30)(H,27,28). The zero-order chi connectivity index (χ0) is 23.5. The third kappa shape index (κ3) is 5.43. The molecule has 11 heteroatoms. The first-order valence-corrected chi connectivity index (χ1v) is 10.5. The molecular formula is C22H13Cl3N4O4. The minimum atomic E-state index is -0.596. The Morgan fingerprint density at radius 3 is 2.39 bits per heavy atom. The van der Waals surface area contributed by atoms with Crippen molar-refractivity contribution < 1.29 is 14.5 Å². The fourth-order valence-electron chi connectivity index (χ4n) is 2.91. The van der Waals surface area contributed by atoms with Gasteiger partial charge in [0, 0.05) is 27.7 Å². The van der Waals surface area contributed by atoms with Crippen LogP contribution in [0.4, 0.5) is 11.4 Å². The van der Waals surface area contributed by atoms with Crippen molar-refractivity contribution in [2.24, 2.45) is 0 Å². The lowest BCUT2D eigenvalue weighted by atomic mass is 10.1. The van der Waals surface area contributed by atoms with E-state index < -0.39 is 10.8 Å². The van der Waals surface area contributed by atoms with Gasteiger partial charge < -0.3 is 10.1 Å². The molecule has 1 heterocycles. The monoisotopic (exact) mass is 502 g/mol. The van der Waals surface area contributed by atoms with Gasteiger partial charge in [0.25, 0.3) is 11.6 Å². The van der Waals surface area contributed by atoms with Crippen molar-refractivity contribution in [2.75, 3.05) is 5.32 Å². The number of carbonyl (C=O) groups is 1. The van der Waals surface area contributed by atoms with Crippen molar-refractivity contribution >= 4 is 52.1 Å². The van der Waals surface area contributed by atoms with Crippen molar-refractivity contribution in [1.82, 2.24) is 10.2 Å². The Labute approximate surface area is 202 Å². The van der Waals surface area contributed by atoms with Crippen molar-refractivity contribution in [3.05, 3.63) is 97.6 Å². The largest absolute Gasteiger partial charge is 0.455 e. The molecule has 0 unspecified atom stereocenters. The van der Waals surface area contributed by atoms with E-state index in [-0.39, 0.29) is 33.6 Å². The first kappa shape index (κ1) is 22.6. The Balaban J connectivity index is 1.57. The number of hydrogen-bond acceptors (Lipinski definition) is 5. The molecular weight excluding hydrogens is 491 g/mol. The molecule has 0 aliphatic carbocycles. The highest BCUT2D eigenvalue weighted by Gasteiger charge is 2.16. The molecule has 2 N–H and O–H groups in total. The number of halogens is 3. The molecule has 0 aliphatic rings. The van der Waals surface area contributed by atoms with E-state index >= 15 is 0 Å². The molecule has 0 bridgehead atoms. The van der Waals surface area contributed by atoms with Gasteiger partial charge >= 0.3 is 0 Å². The molecule has 4 rings (SSSR count). The van der Waals surface area contributed by atoms with E-state index in [0.717, 1.165) is 5.56 Å². The average Bonchev–Trinajstić information content (AvgIpc) is 3.26. The van der Waals surface area contributed by atoms with Crippen molar-refractivity contribution in [3.8, 4) is 22.8 Å². The summed E-state index contributed by atoms with van der Waals surface area (Å²) in [4.78, 5) is 23.5. The zero-order valence-corrected chi connectivity index (χ0v) is 18.8. The Bertz CT molecular complexity index is 1360. The third-order valence-electron chi connectivity index (χ3n) is 4.44. The molecule has 4 aromatic rings. The van der Waals surface area contributed by atoms with Crippen molar-refractivity contribution in [2.45, 2.75) is 0 Å². The second-order valence-electron chi connectivity index (χ2n) is 6.78. The fraction of sp³-hybridized carbons (Fsp3) is 0. The Morgan fingerprint density at radius 2 is 1.70 bits per heavy atom. The summed E-state index contributed by atoms with van der Waals surface area (Å²) in [6, 6.07) is 17.0. The van der Waals surface area contributed by atoms with Crippen LogP contribution in [0.5, 0.6) is 11.5 Å². The van der Waals surface area contributed by atoms with Gasteiger partial charge in [-0.1, -0.05) is 46.9 Å². The molecule has 0 saturated carbocycles. The predicted octanol–water partition coefficient (Wildman–Crippen LogP) is 6.99. The van der Waals surface area contributed by atoms with Gasteiger partial charge in [-0.3, -0.25) is 20.0 Å². The van der Waals surface area contributed by atoms with Crippen LogP contribution in [0.2, 0.25) is 15.1 Å². The van der Waals surface area contributed by atoms with Crippen LogP contribution in [0.3, 0.4) is 0 Å². The molecule has 0 atom stereocenters. The van der Waals surface area contributed by atoms with Gasteiger partial charge in [-0.15, -0.1) is 0 Å². The van der Waals surface area contributed by atoms with E-state index in [0.29, 0.717) is 15.7 Å². The number of nitrogens with one attached hydrogen (secondary N) is 2. The molecule has 33 heavy (non-hydrogen) atoms. The van der Waals surface area contributed by atoms with Crippen LogP contribution in [0, 0.1) is 10.1 Å². The summed E-state index contributed by atoms with van der Waals surface area (Å²) in [5.74, 6) is -0.186. The number of benzene rings is 3. The molecule has 0 radical (unpaired) electrons. The number of rotatable bonds is 6. The number of ether oxygens (including phenoxy) is 1. The Hall–Kier alpha value is -3.59. The normalized spacial score (nSPS) is 10.6. The highest BCUT2D eigenvalue weighted by atomic mass is 35.5. The van der Waals surface area contributed by atoms with Gasteiger partial charge in [-0.05, 0) is 36.4 Å². The van der Waals surface area contributed by atoms with E-state index in [1.54, 1.807) is 36.4 Å². The fourth-order valence-corrected chi connectivity index (χ4v) is 3.48. The molecule has 0 saturated heterocycles. The maximum Gasteiger partial charge on any atom is 0.275 e. The molecule has 0 aliphatic heterocycles. The molecule has 8 nitrogen and oxygen atoms in total. The summed E-state index contributed by atoms with van der Waals surface area (Å²) in [5, 5.41) is 22.0. The molecule has 3 aromatic carbocycles. The second kappa shape index (κ2) is 9.50. The van der Waals surface area contributed by atoms with Gasteiger partial charge in [0.2, 0.25) is 0 Å². The molecule has 166 valence electrons. The summed E-state index contributed by atoms with van der Waals surface area (Å²) in [7, 11) is 0. The molecule has 0 fully saturated rings. The number of nitrogens with zero attached hydrogens (tertiary/aromatic N) is 2. The van der Waals surface area contributed by atoms with Gasteiger partial charge in [-0.2, -0.15) is 5.10 Å². The van der Waals surface area contributed by atoms with E-state index in [9.17, 15) is 14.9 Å². The maximum atomic E-state index is 12.7. The van der Waals surface area contributed by atoms with Crippen LogP contribution in [-0.4, -0.2) is 21.0 Å². The minimum absolute atomic E-state index is 0.107. The first-order valence-electron chi connectivity index (χ1n) is 9.33. The number of anilines is 1. The number of non-ortho nitro benzene ring substituents is 1. The van der Waals surface area contributed by atoms with Crippen LogP contribution in [0.25, 0.3) is 11.3 Å². The van der Waals surface area contributed by atoms with Crippen LogP contribution >= 0.6 is 34.8 Å². The molecule has 1 amide bonds. The number of nitro groups is 1. The van der Waals surface area contributed by atoms with Gasteiger partial charge in [-0.25, -0.2) is 0 Å². The second-order valence-corrected chi connectivity index (χ2v) is 8.06. The number of aromatic amines is 1. The number of hydrogen-bond donors (Lipinski definition) is 2. The van der Waals surface area contributed by atoms with Crippen molar-refractivity contribution in [1.29, 1.82) is 0 Å². The first-order chi connectivity index (χ1) is 15.8. The van der Waals surface area contributed by atoms with E-state index in [4.69, 9.17) is 39.5 Å². The average molecular weight is 504 g/mol. The predicted molar refractivity (Wildman–Crippen MR) is 127 cm³/mol. The van der Waals surface area contributed by atoms with E-state index in [1.165, 1.54) is 30.3 Å². The highest BCUT2D eigenvalue weighted by Crippen LogP contribution is 2.34. The van der Waals surface area contributed by atoms with E-state index in [2.05, 4.69) is 15.5 Å². The smallest absolute Gasteiger partial charge is 0.275 e. The van der Waals surface area contributed by atoms with Crippen LogP contribution in [0.15, 0.2) is 66.7 Å². The summed E-state index contributed by atoms with van der Waals surface area (Å²) in [5.41, 5.74) is 1.34. The number of amides is 1. The summed E-state index contributed by atoms with van der Waals surface area (Å²) in [6.07, 6.45) is 0. The van der Waals surface area contributed by atoms with Crippen LogP contribution in [-0.2, 0) is 0 Å². The summed E-state index contributed by atoms with van der Waals surface area (Å²) in [6.45, 7) is 0. The minimum Gasteiger partial charge on any atom is -0.455 e. The lowest BCUT2D eigenvalue weighted by Gasteiger charge is -2.10. The molecule has 1 aromatic heterocycles. The summed E-state index contributed by atoms with van der Waals surface area (Å²) >= 11 is 17.9. The van der Waals surface area contributed by atoms with Crippen molar-refractivity contribution in [3.63, 3.8) is 0 Å². The van der Waals surface area contributed by atoms with Crippen LogP contribution in [0.1, 0.15) is 10.5 Å². The lowest BCUT2D eigenvalue weighted by Crippen LogP contribution is -2.12. The lowest BCUT2D eigenvalue weighted by molar-refractivity contribution is -0.384. The SMILES string of the molecule is O=C(Nc1cc(Oc2ccc(Cl)cc2Cl)cc([N+](=O)[O-])c1)c1cc(-c2ccc(Cl)cc2)n[nH]1. The molecule has 0 spiro atoms. The number of carbonyl (C=O) groups excluding carboxylic acids is 1. The van der Waals surface area contributed by atoms with Gasteiger partial charge in [0.1, 0.15) is 17.2 Å². The highest BCUT2D eigenvalue weighted by molar-refractivity contribution is 6.35. The van der Waals surface area contributed by atoms with Crippen LogP contribution < -0.4 is 10.1 Å². The summed E-state index contributed by atoms with van der Waals surface area (Å²) < 4.78 is 5.68. The quantitative estimate of drug-likeness (QED) is 0.218. The third-order valence-corrected chi connectivity index (χ3v) is 5.23. The maximum absolute atomic E-state index is 12.7. The number of H-pyrrole nitrogens is 1. The topological polar surface area (TPSA) is 110 Å². The number of aromatic nitrogens is 2. The Kier molecular flexibility index (Phi) is 6.50. The Morgan fingerprint density at radius 1 is 0.970 bits per heavy atom. The van der Waals surface area contributed by atoms with Gasteiger partial charge in [0.05, 0.1) is 27.4 Å². The zero-order valence-electron chi connectivity index (χ0n) is 16.5. The van der Waals surface area contributed by atoms with Gasteiger partial charge in [0.15, 0.2) is 0 Å². The number of nitro benzene ring substituents is 1.